The Balaban J connectivity index is 1.80. The van der Waals surface area contributed by atoms with E-state index in [9.17, 15) is 8.78 Å². The van der Waals surface area contributed by atoms with Crippen LogP contribution < -0.4 is 0 Å². The van der Waals surface area contributed by atoms with E-state index in [1.54, 1.807) is 6.92 Å². The zero-order chi connectivity index (χ0) is 15.0. The number of alkyl halides is 2. The molecule has 0 radical (unpaired) electrons. The first-order valence-corrected chi connectivity index (χ1v) is 7.23. The van der Waals surface area contributed by atoms with E-state index in [4.69, 9.17) is 14.7 Å². The molecule has 0 amide bonds. The Bertz CT molecular complexity index is 573. The van der Waals surface area contributed by atoms with Crippen molar-refractivity contribution in [2.75, 3.05) is 6.61 Å². The van der Waals surface area contributed by atoms with E-state index in [2.05, 4.69) is 15.1 Å². The summed E-state index contributed by atoms with van der Waals surface area (Å²) in [6, 6.07) is 1.27. The monoisotopic (exact) mass is 317 g/mol. The van der Waals surface area contributed by atoms with Gasteiger partial charge in [-0.2, -0.15) is 0 Å². The van der Waals surface area contributed by atoms with Gasteiger partial charge in [0.25, 0.3) is 6.43 Å². The van der Waals surface area contributed by atoms with Crippen molar-refractivity contribution in [3.8, 4) is 0 Å². The molecule has 3 heterocycles. The average Bonchev–Trinajstić information content (AvgIpc) is 2.86. The van der Waals surface area contributed by atoms with Crippen molar-refractivity contribution < 1.29 is 23.5 Å². The summed E-state index contributed by atoms with van der Waals surface area (Å²) in [4.78, 5) is 8.03. The number of halogens is 2. The molecule has 1 aromatic heterocycles. The van der Waals surface area contributed by atoms with Gasteiger partial charge < -0.3 is 14.7 Å². The number of fused-ring (bicyclic) bond motifs is 2. The summed E-state index contributed by atoms with van der Waals surface area (Å²) in [6.07, 6.45) is -2.99. The molecule has 2 fully saturated rings. The summed E-state index contributed by atoms with van der Waals surface area (Å²) in [5.41, 5.74) is 0.581. The van der Waals surface area contributed by atoms with Gasteiger partial charge in [-0.05, 0) is 13.0 Å². The van der Waals surface area contributed by atoms with Crippen molar-refractivity contribution in [2.24, 2.45) is 5.16 Å². The lowest BCUT2D eigenvalue weighted by Crippen LogP contribution is -2.37. The highest BCUT2D eigenvalue weighted by molar-refractivity contribution is 7.99. The molecule has 0 spiro atoms. The highest BCUT2D eigenvalue weighted by Gasteiger charge is 2.43. The first kappa shape index (κ1) is 14.6. The number of rotatable bonds is 3. The van der Waals surface area contributed by atoms with E-state index in [0.717, 1.165) is 0 Å². The summed E-state index contributed by atoms with van der Waals surface area (Å²) in [5.74, 6) is 0. The molecule has 0 aromatic carbocycles. The third-order valence-electron chi connectivity index (χ3n) is 3.27. The number of oxime groups is 1. The number of thioether (sulfide) groups is 1. The number of hydrogen-bond acceptors (Lipinski definition) is 7. The van der Waals surface area contributed by atoms with Gasteiger partial charge in [-0.3, -0.25) is 0 Å². The normalized spacial score (nSPS) is 30.3. The third-order valence-corrected chi connectivity index (χ3v) is 4.44. The van der Waals surface area contributed by atoms with Gasteiger partial charge in [-0.1, -0.05) is 16.9 Å². The van der Waals surface area contributed by atoms with E-state index >= 15 is 0 Å². The molecule has 2 aliphatic rings. The maximum Gasteiger partial charge on any atom is 0.280 e. The topological polar surface area (TPSA) is 76.8 Å². The fraction of sp³-hybridized carbons (Fsp3) is 0.583. The van der Waals surface area contributed by atoms with Gasteiger partial charge in [0.1, 0.15) is 11.4 Å². The summed E-state index contributed by atoms with van der Waals surface area (Å²) in [7, 11) is 0. The van der Waals surface area contributed by atoms with Crippen molar-refractivity contribution >= 4 is 17.5 Å². The maximum absolute atomic E-state index is 12.8. The summed E-state index contributed by atoms with van der Waals surface area (Å²) < 4.78 is 36.5. The smallest absolute Gasteiger partial charge is 0.280 e. The van der Waals surface area contributed by atoms with Crippen LogP contribution >= 0.6 is 11.8 Å². The molecule has 3 rings (SSSR count). The Kier molecular flexibility index (Phi) is 4.05. The van der Waals surface area contributed by atoms with Crippen LogP contribution in [0, 0.1) is 6.92 Å². The minimum atomic E-state index is -2.64. The molecule has 2 aliphatic heterocycles. The average molecular weight is 317 g/mol. The lowest BCUT2D eigenvalue weighted by molar-refractivity contribution is -0.0169. The molecule has 6 nitrogen and oxygen atoms in total. The molecule has 9 heteroatoms. The molecule has 2 saturated heterocycles. The van der Waals surface area contributed by atoms with Crippen LogP contribution in [-0.2, 0) is 9.47 Å². The molecular weight excluding hydrogens is 304 g/mol. The van der Waals surface area contributed by atoms with Crippen molar-refractivity contribution in [3.63, 3.8) is 0 Å². The number of aryl methyl sites for hydroxylation is 1. The quantitative estimate of drug-likeness (QED) is 0.523. The highest BCUT2D eigenvalue weighted by atomic mass is 32.2. The van der Waals surface area contributed by atoms with Crippen molar-refractivity contribution in [1.82, 2.24) is 9.97 Å². The lowest BCUT2D eigenvalue weighted by atomic mass is 10.1. The molecule has 1 N–H and O–H groups in total. The SMILES string of the molecule is Cc1cc(C(F)F)nc(S[C@H]2C/C(=N\O)[C@H]3OC[C@@H]2O3)n1. The Morgan fingerprint density at radius 2 is 2.29 bits per heavy atom. The first-order chi connectivity index (χ1) is 10.1. The highest BCUT2D eigenvalue weighted by Crippen LogP contribution is 2.36. The number of ether oxygens (including phenoxy) is 2. The first-order valence-electron chi connectivity index (χ1n) is 6.35. The van der Waals surface area contributed by atoms with Crippen LogP contribution in [0.5, 0.6) is 0 Å². The van der Waals surface area contributed by atoms with Gasteiger partial charge in [-0.15, -0.1) is 0 Å². The zero-order valence-corrected chi connectivity index (χ0v) is 11.9. The molecule has 3 atom stereocenters. The maximum atomic E-state index is 12.8. The molecule has 0 unspecified atom stereocenters. The minimum absolute atomic E-state index is 0.137. The van der Waals surface area contributed by atoms with Crippen LogP contribution in [-0.4, -0.2) is 45.1 Å². The van der Waals surface area contributed by atoms with Crippen molar-refractivity contribution in [1.29, 1.82) is 0 Å². The minimum Gasteiger partial charge on any atom is -0.411 e. The van der Waals surface area contributed by atoms with Crippen LogP contribution in [0.1, 0.15) is 24.2 Å². The number of nitrogens with zero attached hydrogens (tertiary/aromatic N) is 3. The van der Waals surface area contributed by atoms with Gasteiger partial charge in [0.2, 0.25) is 6.29 Å². The number of aromatic nitrogens is 2. The van der Waals surface area contributed by atoms with Gasteiger partial charge >= 0.3 is 0 Å². The Morgan fingerprint density at radius 3 is 3.00 bits per heavy atom. The molecule has 1 aromatic rings. The second-order valence-electron chi connectivity index (χ2n) is 4.81. The fourth-order valence-corrected chi connectivity index (χ4v) is 3.47. The van der Waals surface area contributed by atoms with Crippen LogP contribution in [0.15, 0.2) is 16.4 Å². The van der Waals surface area contributed by atoms with E-state index in [0.29, 0.717) is 24.4 Å². The van der Waals surface area contributed by atoms with E-state index in [1.165, 1.54) is 17.8 Å². The Labute approximate surface area is 123 Å². The van der Waals surface area contributed by atoms with E-state index < -0.39 is 12.7 Å². The molecule has 114 valence electrons. The predicted octanol–water partition coefficient (Wildman–Crippen LogP) is 2.16. The molecular formula is C12H13F2N3O3S. The zero-order valence-electron chi connectivity index (χ0n) is 11.1. The van der Waals surface area contributed by atoms with Crippen molar-refractivity contribution in [2.45, 2.75) is 42.6 Å². The summed E-state index contributed by atoms with van der Waals surface area (Å²) in [5, 5.41) is 12.2. The van der Waals surface area contributed by atoms with Crippen LogP contribution in [0.3, 0.4) is 0 Å². The van der Waals surface area contributed by atoms with Gasteiger partial charge in [0, 0.05) is 17.4 Å². The largest absolute Gasteiger partial charge is 0.411 e. The second-order valence-corrected chi connectivity index (χ2v) is 6.02. The number of hydrogen-bond donors (Lipinski definition) is 1. The van der Waals surface area contributed by atoms with E-state index in [-0.39, 0.29) is 22.2 Å². The molecule has 2 bridgehead atoms. The summed E-state index contributed by atoms with van der Waals surface area (Å²) in [6.45, 7) is 2.01. The molecule has 0 aliphatic carbocycles. The molecule has 0 saturated carbocycles. The van der Waals surface area contributed by atoms with Gasteiger partial charge in [0.15, 0.2) is 5.16 Å². The van der Waals surface area contributed by atoms with Gasteiger partial charge in [0.05, 0.1) is 12.7 Å². The third kappa shape index (κ3) is 2.99. The Morgan fingerprint density at radius 1 is 1.48 bits per heavy atom. The lowest BCUT2D eigenvalue weighted by Gasteiger charge is -2.26. The van der Waals surface area contributed by atoms with E-state index in [1.807, 2.05) is 0 Å². The van der Waals surface area contributed by atoms with Gasteiger partial charge in [-0.25, -0.2) is 18.7 Å². The summed E-state index contributed by atoms with van der Waals surface area (Å²) >= 11 is 1.24. The van der Waals surface area contributed by atoms with Crippen LogP contribution in [0.2, 0.25) is 0 Å². The van der Waals surface area contributed by atoms with Crippen molar-refractivity contribution in [3.05, 3.63) is 17.5 Å². The molecule has 21 heavy (non-hydrogen) atoms. The Hall–Kier alpha value is -1.32. The van der Waals surface area contributed by atoms with Crippen LogP contribution in [0.25, 0.3) is 0 Å². The fourth-order valence-electron chi connectivity index (χ4n) is 2.29. The van der Waals surface area contributed by atoms with Crippen LogP contribution in [0.4, 0.5) is 8.78 Å². The second kappa shape index (κ2) is 5.82. The predicted molar refractivity (Wildman–Crippen MR) is 69.8 cm³/mol. The standard InChI is InChI=1S/C12H13F2N3O3S/c1-5-2-6(10(13)14)16-12(15-5)21-9-3-7(17-18)11-19-4-8(9)20-11/h2,8-11,18H,3-4H2,1H3/b17-7+/t8-,9-,11-/m0/s1.